The molecule has 0 radical (unpaired) electrons. The van der Waals surface area contributed by atoms with Crippen LogP contribution in [0.15, 0.2) is 54.6 Å². The van der Waals surface area contributed by atoms with Gasteiger partial charge in [0.25, 0.3) is 0 Å². The van der Waals surface area contributed by atoms with E-state index >= 15 is 0 Å². The number of carbonyl (C=O) groups excluding carboxylic acids is 1. The fourth-order valence-corrected chi connectivity index (χ4v) is 2.12. The summed E-state index contributed by atoms with van der Waals surface area (Å²) in [6, 6.07) is 16.3. The normalized spacial score (nSPS) is 11.7. The van der Waals surface area contributed by atoms with Crippen LogP contribution in [-0.2, 0) is 16.0 Å². The topological polar surface area (TPSA) is 92.4 Å². The van der Waals surface area contributed by atoms with Crippen molar-refractivity contribution in [1.29, 1.82) is 0 Å². The molecule has 5 nitrogen and oxygen atoms in total. The molecule has 5 heteroatoms. The molecule has 2 aromatic carbocycles. The molecule has 4 N–H and O–H groups in total. The third-order valence-electron chi connectivity index (χ3n) is 3.29. The Hall–Kier alpha value is -2.66. The number of benzene rings is 2. The Morgan fingerprint density at radius 3 is 2.36 bits per heavy atom. The Bertz CT molecular complexity index is 656. The molecular formula is C17H18N2O3. The van der Waals surface area contributed by atoms with E-state index in [1.54, 1.807) is 0 Å². The molecule has 2 aromatic rings. The molecule has 1 atom stereocenters. The lowest BCUT2D eigenvalue weighted by atomic mass is 9.97. The number of hydrogen-bond donors (Lipinski definition) is 3. The van der Waals surface area contributed by atoms with Crippen molar-refractivity contribution in [3.8, 4) is 11.1 Å². The van der Waals surface area contributed by atoms with E-state index in [0.717, 1.165) is 16.7 Å². The zero-order chi connectivity index (χ0) is 15.9. The number of nitrogens with one attached hydrogen (secondary N) is 1. The fraction of sp³-hybridized carbons (Fsp3) is 0.176. The molecule has 22 heavy (non-hydrogen) atoms. The van der Waals surface area contributed by atoms with Crippen molar-refractivity contribution in [2.75, 3.05) is 6.54 Å². The van der Waals surface area contributed by atoms with Gasteiger partial charge in [0.15, 0.2) is 0 Å². The predicted molar refractivity (Wildman–Crippen MR) is 84.2 cm³/mol. The van der Waals surface area contributed by atoms with Crippen LogP contribution in [-0.4, -0.2) is 29.6 Å². The summed E-state index contributed by atoms with van der Waals surface area (Å²) >= 11 is 0. The molecule has 0 saturated heterocycles. The second kappa shape index (κ2) is 7.38. The van der Waals surface area contributed by atoms with Crippen LogP contribution in [0.3, 0.4) is 0 Å². The van der Waals surface area contributed by atoms with E-state index in [1.807, 2.05) is 54.6 Å². The molecule has 0 spiro atoms. The van der Waals surface area contributed by atoms with E-state index in [0.29, 0.717) is 0 Å². The second-order valence-electron chi connectivity index (χ2n) is 4.95. The number of aliphatic carboxylic acids is 1. The highest BCUT2D eigenvalue weighted by Gasteiger charge is 2.14. The summed E-state index contributed by atoms with van der Waals surface area (Å²) in [5, 5.41) is 11.2. The van der Waals surface area contributed by atoms with Crippen LogP contribution in [0.25, 0.3) is 11.1 Å². The molecule has 0 heterocycles. The van der Waals surface area contributed by atoms with Gasteiger partial charge in [-0.25, -0.2) is 0 Å². The first-order valence-corrected chi connectivity index (χ1v) is 6.96. The van der Waals surface area contributed by atoms with Gasteiger partial charge in [0.2, 0.25) is 5.91 Å². The highest BCUT2D eigenvalue weighted by atomic mass is 16.4. The molecule has 0 aromatic heterocycles. The van der Waals surface area contributed by atoms with E-state index in [4.69, 9.17) is 10.8 Å². The monoisotopic (exact) mass is 298 g/mol. The number of rotatable bonds is 6. The predicted octanol–water partition coefficient (Wildman–Crippen LogP) is 1.42. The molecule has 0 aliphatic carbocycles. The van der Waals surface area contributed by atoms with Crippen LogP contribution in [0.2, 0.25) is 0 Å². The summed E-state index contributed by atoms with van der Waals surface area (Å²) in [6.07, 6.45) is 0.178. The lowest BCUT2D eigenvalue weighted by Crippen LogP contribution is -2.42. The summed E-state index contributed by atoms with van der Waals surface area (Å²) in [5.41, 5.74) is 8.27. The van der Waals surface area contributed by atoms with Crippen LogP contribution in [0.4, 0.5) is 0 Å². The number of nitrogens with two attached hydrogens (primary N) is 1. The third kappa shape index (κ3) is 4.17. The molecule has 0 unspecified atom stereocenters. The van der Waals surface area contributed by atoms with Crippen molar-refractivity contribution in [1.82, 2.24) is 5.32 Å². The van der Waals surface area contributed by atoms with Gasteiger partial charge in [0.05, 0.1) is 6.42 Å². The Kier molecular flexibility index (Phi) is 5.27. The van der Waals surface area contributed by atoms with Gasteiger partial charge in [0.1, 0.15) is 6.04 Å². The van der Waals surface area contributed by atoms with Crippen molar-refractivity contribution in [2.45, 2.75) is 12.5 Å². The molecular weight excluding hydrogens is 280 g/mol. The summed E-state index contributed by atoms with van der Waals surface area (Å²) in [5.74, 6) is -1.38. The number of amides is 1. The Morgan fingerprint density at radius 1 is 1.05 bits per heavy atom. The van der Waals surface area contributed by atoms with E-state index in [-0.39, 0.29) is 18.9 Å². The van der Waals surface area contributed by atoms with Crippen LogP contribution < -0.4 is 11.1 Å². The van der Waals surface area contributed by atoms with Gasteiger partial charge >= 0.3 is 5.97 Å². The largest absolute Gasteiger partial charge is 0.480 e. The van der Waals surface area contributed by atoms with Crippen molar-refractivity contribution in [2.24, 2.45) is 5.73 Å². The first-order chi connectivity index (χ1) is 10.6. The number of carboxylic acids is 1. The highest BCUT2D eigenvalue weighted by Crippen LogP contribution is 2.23. The van der Waals surface area contributed by atoms with Crippen molar-refractivity contribution in [3.63, 3.8) is 0 Å². The molecule has 0 bridgehead atoms. The van der Waals surface area contributed by atoms with E-state index < -0.39 is 12.0 Å². The zero-order valence-electron chi connectivity index (χ0n) is 12.0. The van der Waals surface area contributed by atoms with Crippen LogP contribution in [0, 0.1) is 0 Å². The van der Waals surface area contributed by atoms with Crippen LogP contribution >= 0.6 is 0 Å². The summed E-state index contributed by atoms with van der Waals surface area (Å²) in [7, 11) is 0. The standard InChI is InChI=1S/C17H18N2O3/c18-15(17(21)22)11-19-16(20)10-13-8-4-5-9-14(13)12-6-2-1-3-7-12/h1-9,15H,10-11,18H2,(H,19,20)(H,21,22)/t15-/m0/s1. The maximum absolute atomic E-state index is 12.0. The van der Waals surface area contributed by atoms with Crippen molar-refractivity contribution in [3.05, 3.63) is 60.2 Å². The Morgan fingerprint density at radius 2 is 1.68 bits per heavy atom. The molecule has 0 saturated carbocycles. The molecule has 0 aliphatic heterocycles. The smallest absolute Gasteiger partial charge is 0.322 e. The van der Waals surface area contributed by atoms with E-state index in [2.05, 4.69) is 5.32 Å². The average Bonchev–Trinajstić information content (AvgIpc) is 2.54. The minimum atomic E-state index is -1.13. The van der Waals surface area contributed by atoms with Crippen LogP contribution in [0.5, 0.6) is 0 Å². The SMILES string of the molecule is N[C@@H](CNC(=O)Cc1ccccc1-c1ccccc1)C(=O)O. The summed E-state index contributed by atoms with van der Waals surface area (Å²) in [4.78, 5) is 22.6. The summed E-state index contributed by atoms with van der Waals surface area (Å²) in [6.45, 7) is -0.0817. The van der Waals surface area contributed by atoms with Crippen molar-refractivity contribution >= 4 is 11.9 Å². The average molecular weight is 298 g/mol. The molecule has 0 aliphatic rings. The van der Waals surface area contributed by atoms with Gasteiger partial charge in [-0.05, 0) is 16.7 Å². The number of hydrogen-bond acceptors (Lipinski definition) is 3. The molecule has 1 amide bonds. The zero-order valence-corrected chi connectivity index (χ0v) is 12.0. The van der Waals surface area contributed by atoms with Gasteiger partial charge in [-0.3, -0.25) is 9.59 Å². The molecule has 0 fully saturated rings. The lowest BCUT2D eigenvalue weighted by molar-refractivity contribution is -0.138. The first kappa shape index (κ1) is 15.7. The van der Waals surface area contributed by atoms with Gasteiger partial charge in [-0.2, -0.15) is 0 Å². The maximum atomic E-state index is 12.0. The minimum absolute atomic E-state index is 0.0817. The number of carbonyl (C=O) groups is 2. The fourth-order valence-electron chi connectivity index (χ4n) is 2.12. The van der Waals surface area contributed by atoms with Gasteiger partial charge < -0.3 is 16.2 Å². The third-order valence-corrected chi connectivity index (χ3v) is 3.29. The van der Waals surface area contributed by atoms with E-state index in [9.17, 15) is 9.59 Å². The highest BCUT2D eigenvalue weighted by molar-refractivity contribution is 5.83. The van der Waals surface area contributed by atoms with E-state index in [1.165, 1.54) is 0 Å². The van der Waals surface area contributed by atoms with Gasteiger partial charge in [0, 0.05) is 6.54 Å². The summed E-state index contributed by atoms with van der Waals surface area (Å²) < 4.78 is 0. The van der Waals surface area contributed by atoms with Crippen molar-refractivity contribution < 1.29 is 14.7 Å². The minimum Gasteiger partial charge on any atom is -0.480 e. The van der Waals surface area contributed by atoms with Gasteiger partial charge in [-0.1, -0.05) is 54.6 Å². The van der Waals surface area contributed by atoms with Crippen LogP contribution in [0.1, 0.15) is 5.56 Å². The first-order valence-electron chi connectivity index (χ1n) is 6.96. The Labute approximate surface area is 128 Å². The molecule has 114 valence electrons. The Balaban J connectivity index is 2.07. The molecule has 2 rings (SSSR count). The number of carboxylic acid groups (broad SMARTS) is 1. The lowest BCUT2D eigenvalue weighted by Gasteiger charge is -2.11. The van der Waals surface area contributed by atoms with Gasteiger partial charge in [-0.15, -0.1) is 0 Å². The maximum Gasteiger partial charge on any atom is 0.322 e. The second-order valence-corrected chi connectivity index (χ2v) is 4.95. The quantitative estimate of drug-likeness (QED) is 0.752.